The van der Waals surface area contributed by atoms with Crippen LogP contribution in [0, 0.1) is 18.8 Å². The standard InChI is InChI=1S/C12H14O2/c1-9-4-5-11(13)10(8-9)6-7-12(2,3)14/h4-5,8,13-14H,1-3H3. The Balaban J connectivity index is 3.06. The lowest BCUT2D eigenvalue weighted by molar-refractivity contribution is 0.143. The number of hydrogen-bond acceptors (Lipinski definition) is 2. The Bertz CT molecular complexity index is 389. The normalized spacial score (nSPS) is 10.6. The van der Waals surface area contributed by atoms with Gasteiger partial charge in [-0.15, -0.1) is 0 Å². The van der Waals surface area contributed by atoms with Gasteiger partial charge >= 0.3 is 0 Å². The van der Waals surface area contributed by atoms with Gasteiger partial charge in [0.1, 0.15) is 11.4 Å². The molecule has 0 bridgehead atoms. The SMILES string of the molecule is Cc1ccc(O)c(C#CC(C)(C)O)c1. The number of aromatic hydroxyl groups is 1. The second-order valence-corrected chi connectivity index (χ2v) is 3.83. The molecule has 0 spiro atoms. The molecule has 1 aromatic rings. The Morgan fingerprint density at radius 1 is 1.29 bits per heavy atom. The molecule has 0 aliphatic rings. The van der Waals surface area contributed by atoms with Gasteiger partial charge in [-0.25, -0.2) is 0 Å². The second kappa shape index (κ2) is 3.73. The third kappa shape index (κ3) is 3.12. The summed E-state index contributed by atoms with van der Waals surface area (Å²) < 4.78 is 0. The van der Waals surface area contributed by atoms with E-state index in [1.807, 2.05) is 13.0 Å². The first kappa shape index (κ1) is 10.6. The Hall–Kier alpha value is -1.46. The molecule has 0 unspecified atom stereocenters. The maximum absolute atomic E-state index is 9.45. The molecule has 0 atom stereocenters. The molecule has 2 N–H and O–H groups in total. The summed E-state index contributed by atoms with van der Waals surface area (Å²) in [6.45, 7) is 5.13. The van der Waals surface area contributed by atoms with Crippen LogP contribution in [0.1, 0.15) is 25.0 Å². The highest BCUT2D eigenvalue weighted by molar-refractivity contribution is 5.47. The van der Waals surface area contributed by atoms with E-state index in [2.05, 4.69) is 11.8 Å². The van der Waals surface area contributed by atoms with Crippen LogP contribution in [0.5, 0.6) is 5.75 Å². The molecule has 14 heavy (non-hydrogen) atoms. The summed E-state index contributed by atoms with van der Waals surface area (Å²) in [4.78, 5) is 0. The van der Waals surface area contributed by atoms with E-state index < -0.39 is 5.60 Å². The number of hydrogen-bond donors (Lipinski definition) is 2. The van der Waals surface area contributed by atoms with Gasteiger partial charge in [0.25, 0.3) is 0 Å². The molecule has 0 saturated carbocycles. The van der Waals surface area contributed by atoms with Crippen LogP contribution in [0.4, 0.5) is 0 Å². The van der Waals surface area contributed by atoms with E-state index in [4.69, 9.17) is 0 Å². The maximum Gasteiger partial charge on any atom is 0.131 e. The monoisotopic (exact) mass is 190 g/mol. The van der Waals surface area contributed by atoms with Crippen LogP contribution in [0.3, 0.4) is 0 Å². The first-order valence-corrected chi connectivity index (χ1v) is 4.44. The van der Waals surface area contributed by atoms with Crippen molar-refractivity contribution in [2.24, 2.45) is 0 Å². The predicted octanol–water partition coefficient (Wildman–Crippen LogP) is 1.82. The van der Waals surface area contributed by atoms with Gasteiger partial charge in [0.2, 0.25) is 0 Å². The van der Waals surface area contributed by atoms with Crippen LogP contribution < -0.4 is 0 Å². The van der Waals surface area contributed by atoms with Crippen LogP contribution >= 0.6 is 0 Å². The Kier molecular flexibility index (Phi) is 2.83. The van der Waals surface area contributed by atoms with Crippen LogP contribution in [0.15, 0.2) is 18.2 Å². The molecular weight excluding hydrogens is 176 g/mol. The largest absolute Gasteiger partial charge is 0.507 e. The minimum absolute atomic E-state index is 0.146. The van der Waals surface area contributed by atoms with E-state index in [1.165, 1.54) is 0 Å². The van der Waals surface area contributed by atoms with Crippen molar-refractivity contribution in [1.29, 1.82) is 0 Å². The fraction of sp³-hybridized carbons (Fsp3) is 0.333. The van der Waals surface area contributed by atoms with Crippen molar-refractivity contribution in [1.82, 2.24) is 0 Å². The average molecular weight is 190 g/mol. The molecule has 0 aliphatic heterocycles. The van der Waals surface area contributed by atoms with E-state index in [0.29, 0.717) is 5.56 Å². The second-order valence-electron chi connectivity index (χ2n) is 3.83. The van der Waals surface area contributed by atoms with Crippen molar-refractivity contribution in [2.75, 3.05) is 0 Å². The minimum atomic E-state index is -1.03. The number of phenolic OH excluding ortho intramolecular Hbond substituents is 1. The highest BCUT2D eigenvalue weighted by atomic mass is 16.3. The Morgan fingerprint density at radius 3 is 2.50 bits per heavy atom. The van der Waals surface area contributed by atoms with Gasteiger partial charge in [0, 0.05) is 0 Å². The summed E-state index contributed by atoms with van der Waals surface area (Å²) in [5, 5.41) is 18.8. The van der Waals surface area contributed by atoms with Gasteiger partial charge in [-0.3, -0.25) is 0 Å². The van der Waals surface area contributed by atoms with Gasteiger partial charge in [-0.05, 0) is 38.5 Å². The number of benzene rings is 1. The quantitative estimate of drug-likeness (QED) is 0.613. The Labute approximate surface area is 84.2 Å². The molecule has 0 aromatic heterocycles. The lowest BCUT2D eigenvalue weighted by Crippen LogP contribution is -2.14. The Morgan fingerprint density at radius 2 is 1.93 bits per heavy atom. The van der Waals surface area contributed by atoms with Crippen molar-refractivity contribution in [3.8, 4) is 17.6 Å². The molecular formula is C12H14O2. The zero-order valence-corrected chi connectivity index (χ0v) is 8.63. The van der Waals surface area contributed by atoms with Crippen LogP contribution in [-0.4, -0.2) is 15.8 Å². The van der Waals surface area contributed by atoms with Crippen molar-refractivity contribution >= 4 is 0 Å². The van der Waals surface area contributed by atoms with Crippen molar-refractivity contribution in [2.45, 2.75) is 26.4 Å². The molecule has 1 rings (SSSR count). The molecule has 0 fully saturated rings. The molecule has 74 valence electrons. The van der Waals surface area contributed by atoms with Gasteiger partial charge < -0.3 is 10.2 Å². The summed E-state index contributed by atoms with van der Waals surface area (Å²) >= 11 is 0. The van der Waals surface area contributed by atoms with Crippen molar-refractivity contribution < 1.29 is 10.2 Å². The summed E-state index contributed by atoms with van der Waals surface area (Å²) in [5.74, 6) is 5.54. The zero-order chi connectivity index (χ0) is 10.8. The summed E-state index contributed by atoms with van der Waals surface area (Å²) in [7, 11) is 0. The van der Waals surface area contributed by atoms with Crippen molar-refractivity contribution in [3.05, 3.63) is 29.3 Å². The smallest absolute Gasteiger partial charge is 0.131 e. The van der Waals surface area contributed by atoms with E-state index in [1.54, 1.807) is 26.0 Å². The van der Waals surface area contributed by atoms with Crippen molar-refractivity contribution in [3.63, 3.8) is 0 Å². The lowest BCUT2D eigenvalue weighted by Gasteiger charge is -2.06. The third-order valence-corrected chi connectivity index (χ3v) is 1.66. The highest BCUT2D eigenvalue weighted by Crippen LogP contribution is 2.16. The van der Waals surface area contributed by atoms with Gasteiger partial charge in [-0.1, -0.05) is 17.9 Å². The van der Waals surface area contributed by atoms with Crippen LogP contribution in [-0.2, 0) is 0 Å². The fourth-order valence-electron chi connectivity index (χ4n) is 0.970. The van der Waals surface area contributed by atoms with E-state index in [9.17, 15) is 10.2 Å². The first-order chi connectivity index (χ1) is 6.38. The molecule has 0 aliphatic carbocycles. The molecule has 2 heteroatoms. The molecule has 0 heterocycles. The number of phenols is 1. The summed E-state index contributed by atoms with van der Waals surface area (Å²) in [6.07, 6.45) is 0. The van der Waals surface area contributed by atoms with Gasteiger partial charge in [-0.2, -0.15) is 0 Å². The van der Waals surface area contributed by atoms with Crippen LogP contribution in [0.25, 0.3) is 0 Å². The average Bonchev–Trinajstić information content (AvgIpc) is 2.05. The predicted molar refractivity (Wildman–Crippen MR) is 56.0 cm³/mol. The lowest BCUT2D eigenvalue weighted by atomic mass is 10.1. The highest BCUT2D eigenvalue weighted by Gasteiger charge is 2.06. The zero-order valence-electron chi connectivity index (χ0n) is 8.63. The fourth-order valence-corrected chi connectivity index (χ4v) is 0.970. The molecule has 0 saturated heterocycles. The molecule has 0 radical (unpaired) electrons. The van der Waals surface area contributed by atoms with Gasteiger partial charge in [0.05, 0.1) is 5.56 Å². The van der Waals surface area contributed by atoms with E-state index in [-0.39, 0.29) is 5.75 Å². The van der Waals surface area contributed by atoms with E-state index >= 15 is 0 Å². The summed E-state index contributed by atoms with van der Waals surface area (Å²) in [6, 6.07) is 5.20. The van der Waals surface area contributed by atoms with E-state index in [0.717, 1.165) is 5.56 Å². The first-order valence-electron chi connectivity index (χ1n) is 4.44. The molecule has 0 amide bonds. The number of rotatable bonds is 0. The topological polar surface area (TPSA) is 40.5 Å². The maximum atomic E-state index is 9.45. The summed E-state index contributed by atoms with van der Waals surface area (Å²) in [5.41, 5.74) is 0.547. The number of aliphatic hydroxyl groups is 1. The van der Waals surface area contributed by atoms with Crippen LogP contribution in [0.2, 0.25) is 0 Å². The van der Waals surface area contributed by atoms with Gasteiger partial charge in [0.15, 0.2) is 0 Å². The minimum Gasteiger partial charge on any atom is -0.507 e. The molecule has 2 nitrogen and oxygen atoms in total. The number of aryl methyl sites for hydroxylation is 1. The molecule has 1 aromatic carbocycles. The third-order valence-electron chi connectivity index (χ3n) is 1.66.